The maximum Gasteiger partial charge on any atom is 0.270 e. The van der Waals surface area contributed by atoms with Crippen LogP contribution in [0.3, 0.4) is 0 Å². The van der Waals surface area contributed by atoms with Crippen LogP contribution in [0.25, 0.3) is 15.9 Å². The number of nitrogens with zero attached hydrogens (tertiary/aromatic N) is 4. The molecule has 0 spiro atoms. The number of hydrogen-bond donors (Lipinski definition) is 1. The van der Waals surface area contributed by atoms with Gasteiger partial charge in [0.15, 0.2) is 0 Å². The van der Waals surface area contributed by atoms with Crippen molar-refractivity contribution in [2.45, 2.75) is 32.4 Å². The fourth-order valence-electron chi connectivity index (χ4n) is 3.24. The second kappa shape index (κ2) is 5.67. The molecule has 1 aliphatic rings. The fraction of sp³-hybridized carbons (Fsp3) is 0.471. The summed E-state index contributed by atoms with van der Waals surface area (Å²) in [6, 6.07) is 5.09. The number of piperidine rings is 1. The number of aliphatic hydroxyl groups excluding tert-OH is 1. The van der Waals surface area contributed by atoms with Crippen LogP contribution >= 0.6 is 0 Å². The average Bonchev–Trinajstić information content (AvgIpc) is 2.54. The Labute approximate surface area is 134 Å². The van der Waals surface area contributed by atoms with E-state index in [1.165, 1.54) is 0 Å². The number of hydrogen-bond acceptors (Lipinski definition) is 4. The predicted octanol–water partition coefficient (Wildman–Crippen LogP) is 2.08. The Balaban J connectivity index is 2.22. The Kier molecular flexibility index (Phi) is 3.82. The minimum absolute atomic E-state index is 0.101. The van der Waals surface area contributed by atoms with Gasteiger partial charge in [-0.3, -0.25) is 4.79 Å². The molecule has 0 unspecified atom stereocenters. The predicted molar refractivity (Wildman–Crippen MR) is 89.8 cm³/mol. The van der Waals surface area contributed by atoms with Crippen LogP contribution in [0.2, 0.25) is 0 Å². The summed E-state index contributed by atoms with van der Waals surface area (Å²) in [4.78, 5) is 22.3. The first-order valence-electron chi connectivity index (χ1n) is 7.75. The third-order valence-corrected chi connectivity index (χ3v) is 4.73. The summed E-state index contributed by atoms with van der Waals surface area (Å²) < 4.78 is 1.55. The summed E-state index contributed by atoms with van der Waals surface area (Å²) in [6.07, 6.45) is 0.325. The molecular weight excluding hydrogens is 292 g/mol. The zero-order valence-corrected chi connectivity index (χ0v) is 13.5. The van der Waals surface area contributed by atoms with Gasteiger partial charge in [0, 0.05) is 25.7 Å². The van der Waals surface area contributed by atoms with Crippen LogP contribution in [-0.2, 0) is 7.05 Å². The molecule has 0 bridgehead atoms. The van der Waals surface area contributed by atoms with Crippen LogP contribution in [-0.4, -0.2) is 33.3 Å². The molecule has 3 atom stereocenters. The molecule has 1 saturated heterocycles. The fourth-order valence-corrected chi connectivity index (χ4v) is 3.24. The summed E-state index contributed by atoms with van der Waals surface area (Å²) in [5.41, 5.74) is 2.03. The molecule has 0 aliphatic carbocycles. The van der Waals surface area contributed by atoms with Crippen LogP contribution in [0.4, 0.5) is 11.5 Å². The molecule has 2 aromatic heterocycles. The lowest BCUT2D eigenvalue weighted by atomic mass is 9.91. The maximum atomic E-state index is 12.3. The Morgan fingerprint density at radius 3 is 2.83 bits per heavy atom. The molecule has 3 rings (SSSR count). The number of pyridine rings is 2. The van der Waals surface area contributed by atoms with Crippen molar-refractivity contribution in [2.75, 3.05) is 11.4 Å². The van der Waals surface area contributed by atoms with E-state index in [0.717, 1.165) is 5.69 Å². The van der Waals surface area contributed by atoms with Crippen LogP contribution in [0.1, 0.15) is 20.3 Å². The van der Waals surface area contributed by atoms with Gasteiger partial charge in [-0.15, -0.1) is 4.98 Å². The third-order valence-electron chi connectivity index (χ3n) is 4.73. The highest BCUT2D eigenvalue weighted by molar-refractivity contribution is 5.89. The van der Waals surface area contributed by atoms with Gasteiger partial charge in [-0.25, -0.2) is 0 Å². The number of aryl methyl sites for hydroxylation is 1. The Morgan fingerprint density at radius 1 is 1.39 bits per heavy atom. The average molecular weight is 312 g/mol. The Morgan fingerprint density at radius 2 is 2.13 bits per heavy atom. The number of anilines is 1. The van der Waals surface area contributed by atoms with E-state index in [9.17, 15) is 9.90 Å². The van der Waals surface area contributed by atoms with Crippen molar-refractivity contribution >= 4 is 22.5 Å². The lowest BCUT2D eigenvalue weighted by Gasteiger charge is -2.41. The van der Waals surface area contributed by atoms with Gasteiger partial charge >= 0.3 is 0 Å². The zero-order valence-electron chi connectivity index (χ0n) is 13.5. The number of aliphatic hydroxyl groups is 1. The van der Waals surface area contributed by atoms with E-state index >= 15 is 0 Å². The normalized spacial score (nSPS) is 24.7. The first kappa shape index (κ1) is 15.5. The molecule has 1 fully saturated rings. The second-order valence-electron chi connectivity index (χ2n) is 6.36. The van der Waals surface area contributed by atoms with Gasteiger partial charge in [-0.2, -0.15) is 0 Å². The molecule has 120 valence electrons. The summed E-state index contributed by atoms with van der Waals surface area (Å²) in [7, 11) is 1.71. The van der Waals surface area contributed by atoms with Crippen LogP contribution in [0.15, 0.2) is 23.0 Å². The van der Waals surface area contributed by atoms with Crippen LogP contribution in [0.5, 0.6) is 0 Å². The molecule has 23 heavy (non-hydrogen) atoms. The van der Waals surface area contributed by atoms with Gasteiger partial charge in [-0.05, 0) is 31.4 Å². The summed E-state index contributed by atoms with van der Waals surface area (Å²) in [6.45, 7) is 11.9. The largest absolute Gasteiger partial charge is 0.393 e. The highest BCUT2D eigenvalue weighted by Crippen LogP contribution is 2.32. The summed E-state index contributed by atoms with van der Waals surface area (Å²) in [5.74, 6) is 0.435. The lowest BCUT2D eigenvalue weighted by molar-refractivity contribution is 0.0840. The van der Waals surface area contributed by atoms with Crippen molar-refractivity contribution in [3.63, 3.8) is 0 Å². The van der Waals surface area contributed by atoms with E-state index in [1.54, 1.807) is 29.8 Å². The van der Waals surface area contributed by atoms with Gasteiger partial charge in [0.2, 0.25) is 5.52 Å². The van der Waals surface area contributed by atoms with Gasteiger partial charge in [0.05, 0.1) is 17.3 Å². The topological polar surface area (TPSA) is 62.7 Å². The third kappa shape index (κ3) is 2.57. The van der Waals surface area contributed by atoms with Crippen molar-refractivity contribution in [1.82, 2.24) is 9.55 Å². The van der Waals surface area contributed by atoms with E-state index in [-0.39, 0.29) is 23.6 Å². The second-order valence-corrected chi connectivity index (χ2v) is 6.36. The van der Waals surface area contributed by atoms with E-state index in [1.807, 2.05) is 13.8 Å². The van der Waals surface area contributed by atoms with Gasteiger partial charge in [-0.1, -0.05) is 13.5 Å². The Bertz CT molecular complexity index is 852. The minimum Gasteiger partial charge on any atom is -0.393 e. The van der Waals surface area contributed by atoms with Gasteiger partial charge < -0.3 is 19.4 Å². The first-order chi connectivity index (χ1) is 10.9. The summed E-state index contributed by atoms with van der Waals surface area (Å²) in [5, 5.41) is 10.1. The monoisotopic (exact) mass is 312 g/mol. The van der Waals surface area contributed by atoms with Crippen molar-refractivity contribution in [3.05, 3.63) is 40.0 Å². The smallest absolute Gasteiger partial charge is 0.270 e. The first-order valence-corrected chi connectivity index (χ1v) is 7.75. The van der Waals surface area contributed by atoms with Crippen molar-refractivity contribution in [2.24, 2.45) is 13.0 Å². The van der Waals surface area contributed by atoms with E-state index < -0.39 is 0 Å². The number of aromatic nitrogens is 2. The number of rotatable bonds is 1. The molecule has 2 aromatic rings. The van der Waals surface area contributed by atoms with E-state index in [4.69, 9.17) is 6.57 Å². The highest BCUT2D eigenvalue weighted by atomic mass is 16.3. The number of fused-ring (bicyclic) bond motifs is 1. The van der Waals surface area contributed by atoms with Gasteiger partial charge in [0.1, 0.15) is 0 Å². The van der Waals surface area contributed by atoms with Crippen molar-refractivity contribution < 1.29 is 5.11 Å². The maximum absolute atomic E-state index is 12.3. The van der Waals surface area contributed by atoms with Crippen molar-refractivity contribution in [1.29, 1.82) is 0 Å². The molecule has 0 aromatic carbocycles. The molecular formula is C17H20N4O2. The van der Waals surface area contributed by atoms with E-state index in [0.29, 0.717) is 29.8 Å². The van der Waals surface area contributed by atoms with Crippen LogP contribution < -0.4 is 10.5 Å². The molecule has 0 radical (unpaired) electrons. The molecule has 1 N–H and O–H groups in total. The molecule has 6 heteroatoms. The van der Waals surface area contributed by atoms with E-state index in [2.05, 4.69) is 14.7 Å². The molecule has 6 nitrogen and oxygen atoms in total. The molecule has 1 aliphatic heterocycles. The SMILES string of the molecule is [C-]#[N+]c1ccc2c(n1)c(N1C[C@H](C)[C@@H](O)C[C@@H]1C)cc(=O)n2C. The Hall–Kier alpha value is -2.39. The quantitative estimate of drug-likeness (QED) is 0.819. The summed E-state index contributed by atoms with van der Waals surface area (Å²) >= 11 is 0. The van der Waals surface area contributed by atoms with Gasteiger partial charge in [0.25, 0.3) is 11.4 Å². The van der Waals surface area contributed by atoms with Crippen molar-refractivity contribution in [3.8, 4) is 0 Å². The minimum atomic E-state index is -0.328. The lowest BCUT2D eigenvalue weighted by Crippen LogP contribution is -2.48. The zero-order chi connectivity index (χ0) is 16.7. The molecule has 0 saturated carbocycles. The highest BCUT2D eigenvalue weighted by Gasteiger charge is 2.32. The standard InChI is InChI=1S/C17H20N4O2/c1-10-9-21(11(2)7-14(10)22)13-8-16(23)20(4)12-5-6-15(18-3)19-17(12)13/h5-6,8,10-11,14,22H,7,9H2,1-2,4H3/t10-,11-,14-/m0/s1. The van der Waals surface area contributed by atoms with Crippen LogP contribution in [0, 0.1) is 12.5 Å². The molecule has 0 amide bonds. The molecule has 3 heterocycles.